The summed E-state index contributed by atoms with van der Waals surface area (Å²) >= 11 is 0. The lowest BCUT2D eigenvalue weighted by Gasteiger charge is -2.21. The fraction of sp³-hybridized carbons (Fsp3) is 0.368. The van der Waals surface area contributed by atoms with Crippen LogP contribution in [0.1, 0.15) is 42.6 Å². The van der Waals surface area contributed by atoms with Gasteiger partial charge in [0.25, 0.3) is 0 Å². The lowest BCUT2D eigenvalue weighted by molar-refractivity contribution is 0.406. The second-order valence-corrected chi connectivity index (χ2v) is 6.33. The van der Waals surface area contributed by atoms with Crippen LogP contribution in [-0.2, 0) is 13.6 Å². The fourth-order valence-corrected chi connectivity index (χ4v) is 2.99. The molecule has 3 rings (SSSR count). The first-order valence-corrected chi connectivity index (χ1v) is 8.45. The second kappa shape index (κ2) is 7.53. The molecule has 2 atom stereocenters. The minimum absolute atomic E-state index is 0.206. The minimum Gasteiger partial charge on any atom is -0.496 e. The standard InChI is InChI=1S/C19H25N5O/c1-14(22-15(2)18-11-21-23(3)12-18)16-6-7-19(25-4)17(10-16)13-24-9-5-8-20-24/h5-12,14-15,22H,13H2,1-4H3/t14-,15+/m1/s1. The van der Waals surface area contributed by atoms with E-state index in [1.807, 2.05) is 47.1 Å². The number of methoxy groups -OCH3 is 1. The van der Waals surface area contributed by atoms with Crippen molar-refractivity contribution in [2.45, 2.75) is 32.5 Å². The molecule has 0 spiro atoms. The van der Waals surface area contributed by atoms with E-state index in [4.69, 9.17) is 4.74 Å². The van der Waals surface area contributed by atoms with Crippen LogP contribution in [0.5, 0.6) is 5.75 Å². The summed E-state index contributed by atoms with van der Waals surface area (Å²) in [7, 11) is 3.64. The quantitative estimate of drug-likeness (QED) is 0.719. The third-order valence-corrected chi connectivity index (χ3v) is 4.42. The van der Waals surface area contributed by atoms with E-state index in [2.05, 4.69) is 41.5 Å². The average Bonchev–Trinajstić information content (AvgIpc) is 3.26. The predicted octanol–water partition coefficient (Wildman–Crippen LogP) is 3.09. The van der Waals surface area contributed by atoms with Gasteiger partial charge in [0, 0.05) is 48.8 Å². The molecule has 0 aliphatic rings. The van der Waals surface area contributed by atoms with Crippen molar-refractivity contribution < 1.29 is 4.74 Å². The molecular weight excluding hydrogens is 314 g/mol. The van der Waals surface area contributed by atoms with Gasteiger partial charge in [0.2, 0.25) is 0 Å². The zero-order valence-electron chi connectivity index (χ0n) is 15.2. The third kappa shape index (κ3) is 4.09. The largest absolute Gasteiger partial charge is 0.496 e. The molecule has 6 heteroatoms. The Morgan fingerprint density at radius 2 is 1.96 bits per heavy atom. The van der Waals surface area contributed by atoms with Gasteiger partial charge in [0.05, 0.1) is 19.9 Å². The van der Waals surface area contributed by atoms with Gasteiger partial charge in [-0.1, -0.05) is 6.07 Å². The van der Waals surface area contributed by atoms with Crippen LogP contribution >= 0.6 is 0 Å². The molecule has 6 nitrogen and oxygen atoms in total. The molecule has 132 valence electrons. The van der Waals surface area contributed by atoms with Gasteiger partial charge in [-0.05, 0) is 37.6 Å². The highest BCUT2D eigenvalue weighted by Gasteiger charge is 2.14. The summed E-state index contributed by atoms with van der Waals surface area (Å²) in [5.41, 5.74) is 3.52. The number of aryl methyl sites for hydroxylation is 1. The van der Waals surface area contributed by atoms with E-state index in [9.17, 15) is 0 Å². The number of aromatic nitrogens is 4. The highest BCUT2D eigenvalue weighted by Crippen LogP contribution is 2.26. The maximum Gasteiger partial charge on any atom is 0.123 e. The summed E-state index contributed by atoms with van der Waals surface area (Å²) in [5, 5.41) is 12.2. The lowest BCUT2D eigenvalue weighted by atomic mass is 10.0. The molecule has 2 aromatic heterocycles. The molecule has 2 heterocycles. The van der Waals surface area contributed by atoms with Crippen molar-refractivity contribution >= 4 is 0 Å². The Bertz CT molecular complexity index is 809. The zero-order chi connectivity index (χ0) is 17.8. The molecule has 1 aromatic carbocycles. The van der Waals surface area contributed by atoms with Crippen LogP contribution < -0.4 is 10.1 Å². The first kappa shape index (κ1) is 17.2. The number of hydrogen-bond acceptors (Lipinski definition) is 4. The summed E-state index contributed by atoms with van der Waals surface area (Å²) in [5.74, 6) is 0.881. The van der Waals surface area contributed by atoms with Crippen molar-refractivity contribution in [3.05, 3.63) is 65.7 Å². The molecule has 0 aliphatic heterocycles. The molecule has 0 unspecified atom stereocenters. The van der Waals surface area contributed by atoms with Crippen molar-refractivity contribution in [2.24, 2.45) is 7.05 Å². The Hall–Kier alpha value is -2.60. The fourth-order valence-electron chi connectivity index (χ4n) is 2.99. The Labute approximate surface area is 148 Å². The summed E-state index contributed by atoms with van der Waals surface area (Å²) < 4.78 is 9.24. The van der Waals surface area contributed by atoms with E-state index >= 15 is 0 Å². The molecule has 0 bridgehead atoms. The Morgan fingerprint density at radius 3 is 2.60 bits per heavy atom. The topological polar surface area (TPSA) is 56.9 Å². The van der Waals surface area contributed by atoms with Crippen molar-refractivity contribution in [2.75, 3.05) is 7.11 Å². The van der Waals surface area contributed by atoms with E-state index in [0.717, 1.165) is 11.3 Å². The molecule has 3 aromatic rings. The van der Waals surface area contributed by atoms with Gasteiger partial charge in [0.1, 0.15) is 5.75 Å². The van der Waals surface area contributed by atoms with Crippen LogP contribution in [0.3, 0.4) is 0 Å². The van der Waals surface area contributed by atoms with Crippen molar-refractivity contribution in [1.82, 2.24) is 24.9 Å². The monoisotopic (exact) mass is 339 g/mol. The molecular formula is C19H25N5O. The van der Waals surface area contributed by atoms with Crippen molar-refractivity contribution in [3.63, 3.8) is 0 Å². The van der Waals surface area contributed by atoms with E-state index < -0.39 is 0 Å². The first-order valence-electron chi connectivity index (χ1n) is 8.45. The van der Waals surface area contributed by atoms with Gasteiger partial charge in [-0.3, -0.25) is 9.36 Å². The molecule has 0 saturated heterocycles. The molecule has 0 saturated carbocycles. The third-order valence-electron chi connectivity index (χ3n) is 4.42. The average molecular weight is 339 g/mol. The highest BCUT2D eigenvalue weighted by molar-refractivity contribution is 5.38. The van der Waals surface area contributed by atoms with Crippen LogP contribution in [0, 0.1) is 0 Å². The van der Waals surface area contributed by atoms with Gasteiger partial charge >= 0.3 is 0 Å². The summed E-state index contributed by atoms with van der Waals surface area (Å²) in [6.45, 7) is 5.02. The van der Waals surface area contributed by atoms with Gasteiger partial charge < -0.3 is 10.1 Å². The van der Waals surface area contributed by atoms with Crippen molar-refractivity contribution in [1.29, 1.82) is 0 Å². The summed E-state index contributed by atoms with van der Waals surface area (Å²) in [4.78, 5) is 0. The van der Waals surface area contributed by atoms with Gasteiger partial charge in [0.15, 0.2) is 0 Å². The summed E-state index contributed by atoms with van der Waals surface area (Å²) in [6.07, 6.45) is 7.69. The number of benzene rings is 1. The minimum atomic E-state index is 0.206. The van der Waals surface area contributed by atoms with Gasteiger partial charge in [-0.15, -0.1) is 0 Å². The number of nitrogens with zero attached hydrogens (tertiary/aromatic N) is 4. The van der Waals surface area contributed by atoms with Crippen molar-refractivity contribution in [3.8, 4) is 5.75 Å². The number of nitrogens with one attached hydrogen (secondary N) is 1. The van der Waals surface area contributed by atoms with E-state index in [-0.39, 0.29) is 12.1 Å². The number of ether oxygens (including phenoxy) is 1. The van der Waals surface area contributed by atoms with Crippen LogP contribution in [0.4, 0.5) is 0 Å². The lowest BCUT2D eigenvalue weighted by Crippen LogP contribution is -2.22. The molecule has 0 aliphatic carbocycles. The molecule has 0 radical (unpaired) electrons. The summed E-state index contributed by atoms with van der Waals surface area (Å²) in [6, 6.07) is 8.68. The maximum absolute atomic E-state index is 5.51. The van der Waals surface area contributed by atoms with Crippen LogP contribution in [0.15, 0.2) is 49.1 Å². The first-order chi connectivity index (χ1) is 12.1. The SMILES string of the molecule is COc1ccc([C@@H](C)N[C@@H](C)c2cnn(C)c2)cc1Cn1cccn1. The molecule has 1 N–H and O–H groups in total. The van der Waals surface area contributed by atoms with Crippen LogP contribution in [0.25, 0.3) is 0 Å². The van der Waals surface area contributed by atoms with Crippen LogP contribution in [-0.4, -0.2) is 26.7 Å². The van der Waals surface area contributed by atoms with Gasteiger partial charge in [-0.2, -0.15) is 10.2 Å². The molecule has 0 amide bonds. The van der Waals surface area contributed by atoms with E-state index in [1.54, 1.807) is 13.3 Å². The predicted molar refractivity (Wildman–Crippen MR) is 97.5 cm³/mol. The molecule has 0 fully saturated rings. The smallest absolute Gasteiger partial charge is 0.123 e. The van der Waals surface area contributed by atoms with Gasteiger partial charge in [-0.25, -0.2) is 0 Å². The van der Waals surface area contributed by atoms with Crippen LogP contribution in [0.2, 0.25) is 0 Å². The zero-order valence-corrected chi connectivity index (χ0v) is 15.2. The maximum atomic E-state index is 5.51. The Kier molecular flexibility index (Phi) is 5.19. The van der Waals surface area contributed by atoms with E-state index in [0.29, 0.717) is 6.54 Å². The van der Waals surface area contributed by atoms with E-state index in [1.165, 1.54) is 11.1 Å². The highest BCUT2D eigenvalue weighted by atomic mass is 16.5. The second-order valence-electron chi connectivity index (χ2n) is 6.33. The number of hydrogen-bond donors (Lipinski definition) is 1. The normalized spacial score (nSPS) is 13.6. The Balaban J connectivity index is 1.76. The number of rotatable bonds is 7. The molecule has 25 heavy (non-hydrogen) atoms. The Morgan fingerprint density at radius 1 is 1.16 bits per heavy atom.